The number of amides is 1. The van der Waals surface area contributed by atoms with E-state index in [4.69, 9.17) is 19.9 Å². The molecule has 5 rings (SSSR count). The van der Waals surface area contributed by atoms with Gasteiger partial charge in [0.15, 0.2) is 5.65 Å². The number of carbonyl (C=O) groups excluding carboxylic acids is 1. The Balaban J connectivity index is 0.000000205. The molecule has 0 atom stereocenters. The van der Waals surface area contributed by atoms with Gasteiger partial charge in [0.2, 0.25) is 5.91 Å². The van der Waals surface area contributed by atoms with E-state index in [0.717, 1.165) is 67.1 Å². The van der Waals surface area contributed by atoms with Gasteiger partial charge in [-0.05, 0) is 81.8 Å². The average molecular weight is 615 g/mol. The van der Waals surface area contributed by atoms with Gasteiger partial charge in [-0.2, -0.15) is 5.10 Å². The van der Waals surface area contributed by atoms with Crippen molar-refractivity contribution >= 4 is 22.8 Å². The monoisotopic (exact) mass is 614 g/mol. The number of benzene rings is 2. The Kier molecular flexibility index (Phi) is 12.5. The summed E-state index contributed by atoms with van der Waals surface area (Å²) < 4.78 is 17.2. The van der Waals surface area contributed by atoms with Crippen molar-refractivity contribution in [2.24, 2.45) is 5.92 Å². The van der Waals surface area contributed by atoms with Gasteiger partial charge in [0.25, 0.3) is 0 Å². The first kappa shape index (κ1) is 33.6. The van der Waals surface area contributed by atoms with Crippen LogP contribution >= 0.6 is 0 Å². The summed E-state index contributed by atoms with van der Waals surface area (Å²) in [6, 6.07) is 17.3. The lowest BCUT2D eigenvalue weighted by atomic mass is 10.1. The zero-order chi connectivity index (χ0) is 32.1. The van der Waals surface area contributed by atoms with Crippen LogP contribution in [0.1, 0.15) is 53.4 Å². The summed E-state index contributed by atoms with van der Waals surface area (Å²) in [5.41, 5.74) is 7.94. The van der Waals surface area contributed by atoms with Crippen LogP contribution in [0.3, 0.4) is 0 Å². The van der Waals surface area contributed by atoms with E-state index in [1.165, 1.54) is 12.7 Å². The van der Waals surface area contributed by atoms with Crippen LogP contribution in [-0.2, 0) is 14.3 Å². The van der Waals surface area contributed by atoms with Crippen LogP contribution in [0.15, 0.2) is 73.1 Å². The number of H-pyrrole nitrogens is 1. The van der Waals surface area contributed by atoms with Gasteiger partial charge < -0.3 is 24.8 Å². The van der Waals surface area contributed by atoms with E-state index in [0.29, 0.717) is 30.6 Å². The fourth-order valence-electron chi connectivity index (χ4n) is 4.76. The van der Waals surface area contributed by atoms with E-state index in [2.05, 4.69) is 34.0 Å². The Morgan fingerprint density at radius 1 is 1.02 bits per heavy atom. The number of para-hydroxylation sites is 1. The third-order valence-corrected chi connectivity index (χ3v) is 7.28. The van der Waals surface area contributed by atoms with E-state index in [1.807, 2.05) is 73.3 Å². The molecule has 2 aromatic heterocycles. The minimum Gasteiger partial charge on any atom is -0.457 e. The zero-order valence-electron chi connectivity index (χ0n) is 26.9. The minimum atomic E-state index is -0.278. The number of piperidine rings is 1. The highest BCUT2D eigenvalue weighted by Gasteiger charge is 2.19. The largest absolute Gasteiger partial charge is 0.457 e. The number of anilines is 1. The molecule has 1 amide bonds. The number of carbonyl (C=O) groups is 1. The van der Waals surface area contributed by atoms with Crippen LogP contribution in [0.5, 0.6) is 11.5 Å². The number of hydrogen-bond acceptors (Lipinski definition) is 8. The lowest BCUT2D eigenvalue weighted by Crippen LogP contribution is -2.34. The zero-order valence-corrected chi connectivity index (χ0v) is 26.9. The molecule has 0 saturated carbocycles. The molecule has 4 aromatic rings. The molecule has 0 aliphatic carbocycles. The Morgan fingerprint density at radius 2 is 1.73 bits per heavy atom. The Labute approximate surface area is 266 Å². The number of fused-ring (bicyclic) bond motifs is 1. The van der Waals surface area contributed by atoms with Crippen molar-refractivity contribution < 1.29 is 19.0 Å². The highest BCUT2D eigenvalue weighted by atomic mass is 16.5. The number of aromatic nitrogens is 4. The van der Waals surface area contributed by atoms with E-state index in [1.54, 1.807) is 12.2 Å². The van der Waals surface area contributed by atoms with Crippen molar-refractivity contribution in [2.75, 3.05) is 38.6 Å². The SMILES string of the molecule is CC(C)CCOC(C)(C)COC/C=C/C(=O)N1CCCCC1.Nc1ncnc2n[nH]c(-c3ccc(Oc4ccccc4)cc3)c12. The summed E-state index contributed by atoms with van der Waals surface area (Å²) in [4.78, 5) is 22.0. The molecular weight excluding hydrogens is 568 g/mol. The van der Waals surface area contributed by atoms with Crippen molar-refractivity contribution in [3.8, 4) is 22.8 Å². The highest BCUT2D eigenvalue weighted by Crippen LogP contribution is 2.30. The second kappa shape index (κ2) is 16.7. The van der Waals surface area contributed by atoms with Crippen molar-refractivity contribution in [1.82, 2.24) is 25.1 Å². The van der Waals surface area contributed by atoms with Gasteiger partial charge in [-0.1, -0.05) is 38.1 Å². The van der Waals surface area contributed by atoms with Gasteiger partial charge in [0, 0.05) is 31.3 Å². The minimum absolute atomic E-state index is 0.107. The fourth-order valence-corrected chi connectivity index (χ4v) is 4.76. The molecule has 1 aliphatic heterocycles. The van der Waals surface area contributed by atoms with Crippen LogP contribution in [0.25, 0.3) is 22.3 Å². The number of likely N-dealkylation sites (tertiary alicyclic amines) is 1. The molecule has 1 fully saturated rings. The van der Waals surface area contributed by atoms with Crippen LogP contribution in [0, 0.1) is 5.92 Å². The molecule has 1 aliphatic rings. The molecule has 10 nitrogen and oxygen atoms in total. The van der Waals surface area contributed by atoms with Crippen molar-refractivity contribution in [1.29, 1.82) is 0 Å². The number of aromatic amines is 1. The van der Waals surface area contributed by atoms with Gasteiger partial charge in [0.05, 0.1) is 29.9 Å². The van der Waals surface area contributed by atoms with Crippen LogP contribution in [0.4, 0.5) is 5.82 Å². The van der Waals surface area contributed by atoms with E-state index >= 15 is 0 Å². The maximum absolute atomic E-state index is 11.9. The normalized spacial score (nSPS) is 13.7. The van der Waals surface area contributed by atoms with Gasteiger partial charge in [0.1, 0.15) is 23.6 Å². The van der Waals surface area contributed by atoms with Gasteiger partial charge in [-0.25, -0.2) is 9.97 Å². The van der Waals surface area contributed by atoms with Crippen molar-refractivity contribution in [2.45, 2.75) is 59.0 Å². The summed E-state index contributed by atoms with van der Waals surface area (Å²) in [5, 5.41) is 7.85. The van der Waals surface area contributed by atoms with Crippen molar-refractivity contribution in [3.05, 3.63) is 73.1 Å². The standard InChI is InChI=1S/C18H33NO3.C17H13N5O/c1-16(2)10-14-22-18(3,4)15-21-13-8-9-17(20)19-11-6-5-7-12-19;18-16-14-15(21-22-17(14)20-10-19-16)11-6-8-13(9-7-11)23-12-4-2-1-3-5-12/h8-9,16H,5-7,10-15H2,1-4H3;1-10H,(H3,18,19,20,21,22)/b9-8+;. The number of nitrogens with one attached hydrogen (secondary N) is 1. The quantitative estimate of drug-likeness (QED) is 0.132. The molecule has 240 valence electrons. The number of hydrogen-bond donors (Lipinski definition) is 2. The molecule has 3 N–H and O–H groups in total. The highest BCUT2D eigenvalue weighted by molar-refractivity contribution is 5.97. The predicted octanol–water partition coefficient (Wildman–Crippen LogP) is 6.81. The lowest BCUT2D eigenvalue weighted by molar-refractivity contribution is -0.126. The number of nitrogen functional groups attached to an aromatic ring is 1. The number of nitrogens with zero attached hydrogens (tertiary/aromatic N) is 4. The Hall–Kier alpha value is -4.28. The molecule has 3 heterocycles. The molecule has 0 radical (unpaired) electrons. The van der Waals surface area contributed by atoms with Crippen LogP contribution in [-0.4, -0.2) is 69.5 Å². The fraction of sp³-hybridized carbons (Fsp3) is 0.429. The maximum Gasteiger partial charge on any atom is 0.246 e. The molecule has 0 bridgehead atoms. The first-order chi connectivity index (χ1) is 21.7. The second-order valence-electron chi connectivity index (χ2n) is 12.1. The molecule has 0 unspecified atom stereocenters. The molecular formula is C35H46N6O4. The first-order valence-corrected chi connectivity index (χ1v) is 15.7. The molecule has 10 heteroatoms. The summed E-state index contributed by atoms with van der Waals surface area (Å²) >= 11 is 0. The second-order valence-corrected chi connectivity index (χ2v) is 12.1. The van der Waals surface area contributed by atoms with Gasteiger partial charge in [-0.15, -0.1) is 0 Å². The summed E-state index contributed by atoms with van der Waals surface area (Å²) in [6.07, 6.45) is 9.39. The van der Waals surface area contributed by atoms with E-state index < -0.39 is 0 Å². The van der Waals surface area contributed by atoms with Crippen molar-refractivity contribution in [3.63, 3.8) is 0 Å². The Bertz CT molecular complexity index is 1500. The predicted molar refractivity (Wildman–Crippen MR) is 178 cm³/mol. The van der Waals surface area contributed by atoms with Crippen LogP contribution in [0.2, 0.25) is 0 Å². The van der Waals surface area contributed by atoms with E-state index in [-0.39, 0.29) is 11.5 Å². The van der Waals surface area contributed by atoms with E-state index in [9.17, 15) is 4.79 Å². The smallest absolute Gasteiger partial charge is 0.246 e. The number of nitrogens with two attached hydrogens (primary N) is 1. The average Bonchev–Trinajstić information content (AvgIpc) is 3.48. The molecule has 45 heavy (non-hydrogen) atoms. The summed E-state index contributed by atoms with van der Waals surface area (Å²) in [7, 11) is 0. The topological polar surface area (TPSA) is 128 Å². The summed E-state index contributed by atoms with van der Waals surface area (Å²) in [5.74, 6) is 2.72. The first-order valence-electron chi connectivity index (χ1n) is 15.7. The maximum atomic E-state index is 11.9. The van der Waals surface area contributed by atoms with Gasteiger partial charge >= 0.3 is 0 Å². The lowest BCUT2D eigenvalue weighted by Gasteiger charge is -2.26. The van der Waals surface area contributed by atoms with Gasteiger partial charge in [-0.3, -0.25) is 9.89 Å². The third kappa shape index (κ3) is 10.7. The third-order valence-electron chi connectivity index (χ3n) is 7.28. The molecule has 2 aromatic carbocycles. The number of ether oxygens (including phenoxy) is 3. The number of rotatable bonds is 12. The summed E-state index contributed by atoms with van der Waals surface area (Å²) in [6.45, 7) is 12.0. The molecule has 0 spiro atoms. The Morgan fingerprint density at radius 3 is 2.44 bits per heavy atom. The molecule has 1 saturated heterocycles. The van der Waals surface area contributed by atoms with Crippen LogP contribution < -0.4 is 10.5 Å².